The summed E-state index contributed by atoms with van der Waals surface area (Å²) in [6, 6.07) is 21.2. The molecule has 0 radical (unpaired) electrons. The molecular formula is C28H42O6Si. The average Bonchev–Trinajstić information content (AvgIpc) is 2.85. The fraction of sp³-hybridized carbons (Fsp3) is 0.536. The van der Waals surface area contributed by atoms with E-state index in [0.29, 0.717) is 52.7 Å². The van der Waals surface area contributed by atoms with Crippen LogP contribution in [0.5, 0.6) is 0 Å². The normalized spacial score (nSPS) is 12.0. The van der Waals surface area contributed by atoms with Crippen LogP contribution < -0.4 is 10.4 Å². The Labute approximate surface area is 212 Å². The Hall–Kier alpha value is -2.03. The molecule has 7 heteroatoms. The van der Waals surface area contributed by atoms with Crippen LogP contribution in [0.15, 0.2) is 60.7 Å². The van der Waals surface area contributed by atoms with Gasteiger partial charge in [0.05, 0.1) is 46.2 Å². The van der Waals surface area contributed by atoms with Gasteiger partial charge < -0.3 is 23.4 Å². The molecule has 194 valence electrons. The van der Waals surface area contributed by atoms with Gasteiger partial charge in [0, 0.05) is 6.42 Å². The number of carbonyl (C=O) groups excluding carboxylic acids is 1. The highest BCUT2D eigenvalue weighted by Gasteiger charge is 2.49. The first-order valence-corrected chi connectivity index (χ1v) is 14.5. The Morgan fingerprint density at radius 1 is 0.686 bits per heavy atom. The van der Waals surface area contributed by atoms with Gasteiger partial charge in [0.2, 0.25) is 0 Å². The number of carbonyl (C=O) groups is 1. The molecule has 0 aliphatic carbocycles. The molecule has 0 fully saturated rings. The van der Waals surface area contributed by atoms with Crippen molar-refractivity contribution in [2.45, 2.75) is 45.6 Å². The minimum absolute atomic E-state index is 0.0485. The predicted octanol–water partition coefficient (Wildman–Crippen LogP) is 3.96. The number of rotatable bonds is 17. The molecule has 2 aromatic carbocycles. The van der Waals surface area contributed by atoms with Crippen molar-refractivity contribution in [3.63, 3.8) is 0 Å². The van der Waals surface area contributed by atoms with Gasteiger partial charge in [-0.3, -0.25) is 4.79 Å². The van der Waals surface area contributed by atoms with E-state index >= 15 is 0 Å². The number of ether oxygens (including phenoxy) is 4. The van der Waals surface area contributed by atoms with Crippen LogP contribution in [0.25, 0.3) is 0 Å². The third-order valence-corrected chi connectivity index (χ3v) is 10.7. The molecule has 0 amide bonds. The fourth-order valence-corrected chi connectivity index (χ4v) is 8.59. The zero-order valence-corrected chi connectivity index (χ0v) is 22.8. The Bertz CT molecular complexity index is 783. The molecule has 0 saturated heterocycles. The Morgan fingerprint density at radius 3 is 1.54 bits per heavy atom. The summed E-state index contributed by atoms with van der Waals surface area (Å²) >= 11 is 0. The maximum Gasteiger partial charge on any atom is 0.305 e. The molecule has 0 heterocycles. The predicted molar refractivity (Wildman–Crippen MR) is 142 cm³/mol. The zero-order chi connectivity index (χ0) is 25.4. The molecule has 0 spiro atoms. The molecule has 0 atom stereocenters. The van der Waals surface area contributed by atoms with Gasteiger partial charge >= 0.3 is 5.97 Å². The summed E-state index contributed by atoms with van der Waals surface area (Å²) < 4.78 is 28.6. The average molecular weight is 503 g/mol. The molecule has 6 nitrogen and oxygen atoms in total. The molecule has 2 aromatic rings. The SMILES string of the molecule is CCCC(=O)OCCOCCOCCOCCO[Si](c1ccccc1)(c1ccccc1)C(C)(C)C. The molecular weight excluding hydrogens is 460 g/mol. The van der Waals surface area contributed by atoms with Crippen molar-refractivity contribution in [1.29, 1.82) is 0 Å². The Morgan fingerprint density at radius 2 is 1.11 bits per heavy atom. The van der Waals surface area contributed by atoms with Crippen molar-refractivity contribution < 1.29 is 28.2 Å². The molecule has 0 N–H and O–H groups in total. The maximum absolute atomic E-state index is 11.3. The Balaban J connectivity index is 1.72. The second-order valence-corrected chi connectivity index (χ2v) is 13.6. The van der Waals surface area contributed by atoms with E-state index in [1.165, 1.54) is 10.4 Å². The van der Waals surface area contributed by atoms with Crippen LogP contribution in [0, 0.1) is 0 Å². The highest BCUT2D eigenvalue weighted by Crippen LogP contribution is 2.36. The van der Waals surface area contributed by atoms with E-state index in [1.54, 1.807) is 0 Å². The maximum atomic E-state index is 11.3. The van der Waals surface area contributed by atoms with E-state index in [-0.39, 0.29) is 17.6 Å². The molecule has 35 heavy (non-hydrogen) atoms. The molecule has 0 aliphatic heterocycles. The third kappa shape index (κ3) is 9.50. The van der Waals surface area contributed by atoms with Crippen molar-refractivity contribution >= 4 is 24.7 Å². The minimum Gasteiger partial charge on any atom is -0.463 e. The largest absolute Gasteiger partial charge is 0.463 e. The van der Waals surface area contributed by atoms with Crippen LogP contribution in [0.1, 0.15) is 40.5 Å². The van der Waals surface area contributed by atoms with Crippen molar-refractivity contribution in [2.75, 3.05) is 52.9 Å². The molecule has 0 aromatic heterocycles. The fourth-order valence-electron chi connectivity index (χ4n) is 4.05. The molecule has 0 aliphatic rings. The standard InChI is InChI=1S/C28H42O6Si/c1-5-12-27(29)33-23-21-31-19-17-30-18-20-32-22-24-34-35(28(2,3)4,25-13-8-6-9-14-25)26-15-10-7-11-16-26/h6-11,13-16H,5,12,17-24H2,1-4H3. The van der Waals surface area contributed by atoms with E-state index in [0.717, 1.165) is 6.42 Å². The second-order valence-electron chi connectivity index (χ2n) is 9.32. The first kappa shape index (κ1) is 29.2. The lowest BCUT2D eigenvalue weighted by atomic mass is 10.2. The quantitative estimate of drug-likeness (QED) is 0.185. The van der Waals surface area contributed by atoms with E-state index in [2.05, 4.69) is 69.3 Å². The number of benzene rings is 2. The van der Waals surface area contributed by atoms with Gasteiger partial charge in [-0.05, 0) is 21.8 Å². The van der Waals surface area contributed by atoms with E-state index in [9.17, 15) is 4.79 Å². The van der Waals surface area contributed by atoms with E-state index in [1.807, 2.05) is 19.1 Å². The molecule has 2 rings (SSSR count). The van der Waals surface area contributed by atoms with Crippen LogP contribution in [-0.2, 0) is 28.2 Å². The van der Waals surface area contributed by atoms with Crippen LogP contribution in [0.2, 0.25) is 5.04 Å². The first-order valence-electron chi connectivity index (χ1n) is 12.6. The molecule has 0 unspecified atom stereocenters. The molecule has 0 saturated carbocycles. The lowest BCUT2D eigenvalue weighted by Gasteiger charge is -2.43. The topological polar surface area (TPSA) is 63.2 Å². The van der Waals surface area contributed by atoms with Gasteiger partial charge in [-0.1, -0.05) is 88.4 Å². The van der Waals surface area contributed by atoms with E-state index < -0.39 is 8.32 Å². The minimum atomic E-state index is -2.52. The summed E-state index contributed by atoms with van der Waals surface area (Å²) in [5, 5.41) is 2.48. The first-order chi connectivity index (χ1) is 16.9. The van der Waals surface area contributed by atoms with Crippen LogP contribution in [0.3, 0.4) is 0 Å². The number of hydrogen-bond donors (Lipinski definition) is 0. The highest BCUT2D eigenvalue weighted by atomic mass is 28.4. The second kappa shape index (κ2) is 15.9. The van der Waals surface area contributed by atoms with Gasteiger partial charge in [-0.2, -0.15) is 0 Å². The van der Waals surface area contributed by atoms with E-state index in [4.69, 9.17) is 23.4 Å². The Kier molecular flexibility index (Phi) is 13.2. The van der Waals surface area contributed by atoms with Crippen molar-refractivity contribution in [3.8, 4) is 0 Å². The van der Waals surface area contributed by atoms with Gasteiger partial charge in [0.15, 0.2) is 0 Å². The molecule has 0 bridgehead atoms. The summed E-state index contributed by atoms with van der Waals surface area (Å²) in [6.07, 6.45) is 1.24. The monoisotopic (exact) mass is 502 g/mol. The summed E-state index contributed by atoms with van der Waals surface area (Å²) in [5.74, 6) is -0.177. The third-order valence-electron chi connectivity index (χ3n) is 5.65. The smallest absolute Gasteiger partial charge is 0.305 e. The van der Waals surface area contributed by atoms with Crippen molar-refractivity contribution in [2.24, 2.45) is 0 Å². The van der Waals surface area contributed by atoms with Crippen molar-refractivity contribution in [1.82, 2.24) is 0 Å². The lowest BCUT2D eigenvalue weighted by molar-refractivity contribution is -0.145. The van der Waals surface area contributed by atoms with Gasteiger partial charge in [0.1, 0.15) is 6.61 Å². The lowest BCUT2D eigenvalue weighted by Crippen LogP contribution is -2.66. The zero-order valence-electron chi connectivity index (χ0n) is 21.8. The highest BCUT2D eigenvalue weighted by molar-refractivity contribution is 6.99. The summed E-state index contributed by atoms with van der Waals surface area (Å²) in [7, 11) is -2.52. The van der Waals surface area contributed by atoms with Crippen LogP contribution in [0.4, 0.5) is 0 Å². The van der Waals surface area contributed by atoms with Crippen LogP contribution in [-0.4, -0.2) is 67.1 Å². The number of hydrogen-bond acceptors (Lipinski definition) is 6. The van der Waals surface area contributed by atoms with Crippen molar-refractivity contribution in [3.05, 3.63) is 60.7 Å². The van der Waals surface area contributed by atoms with Crippen LogP contribution >= 0.6 is 0 Å². The summed E-state index contributed by atoms with van der Waals surface area (Å²) in [5.41, 5.74) is 0. The summed E-state index contributed by atoms with van der Waals surface area (Å²) in [6.45, 7) is 12.4. The van der Waals surface area contributed by atoms with Gasteiger partial charge in [0.25, 0.3) is 8.32 Å². The van der Waals surface area contributed by atoms with Gasteiger partial charge in [-0.15, -0.1) is 0 Å². The van der Waals surface area contributed by atoms with Gasteiger partial charge in [-0.25, -0.2) is 0 Å². The summed E-state index contributed by atoms with van der Waals surface area (Å²) in [4.78, 5) is 11.3. The number of esters is 1.